The van der Waals surface area contributed by atoms with E-state index >= 15 is 0 Å². The summed E-state index contributed by atoms with van der Waals surface area (Å²) in [4.78, 5) is 12.2. The molecule has 3 aromatic rings. The molecule has 132 valence electrons. The fourth-order valence-corrected chi connectivity index (χ4v) is 3.27. The average Bonchev–Trinajstić information content (AvgIpc) is 2.61. The van der Waals surface area contributed by atoms with Crippen molar-refractivity contribution in [3.63, 3.8) is 0 Å². The summed E-state index contributed by atoms with van der Waals surface area (Å²) in [6.07, 6.45) is 1.38. The second-order valence-corrected chi connectivity index (χ2v) is 7.33. The summed E-state index contributed by atoms with van der Waals surface area (Å²) in [5.41, 5.74) is 0.848. The number of nitro benzene ring substituents is 1. The van der Waals surface area contributed by atoms with Crippen LogP contribution in [0.2, 0.25) is 0 Å². The smallest absolute Gasteiger partial charge is 0.258 e. The van der Waals surface area contributed by atoms with E-state index < -0.39 is 14.9 Å². The maximum Gasteiger partial charge on any atom is 0.276 e. The fraction of sp³-hybridized carbons (Fsp3) is 0.0556. The Morgan fingerprint density at radius 3 is 2.50 bits per heavy atom. The number of sulfonamides is 1. The number of fused-ring (bicyclic) bond motifs is 1. The molecule has 0 spiro atoms. The Morgan fingerprint density at radius 1 is 1.04 bits per heavy atom. The largest absolute Gasteiger partial charge is 0.276 e. The molecule has 0 saturated carbocycles. The SMILES string of the molecule is Cc1ccc(S(=O)(=O)N/N=C/c2ccc3ccccc3c2)cc1[N+](=O)[O-]. The molecule has 0 saturated heterocycles. The van der Waals surface area contributed by atoms with E-state index in [1.807, 2.05) is 42.5 Å². The van der Waals surface area contributed by atoms with E-state index in [0.29, 0.717) is 5.56 Å². The number of nitrogens with zero attached hydrogens (tertiary/aromatic N) is 2. The van der Waals surface area contributed by atoms with E-state index in [2.05, 4.69) is 9.93 Å². The van der Waals surface area contributed by atoms with Gasteiger partial charge in [0.15, 0.2) is 0 Å². The first-order valence-corrected chi connectivity index (χ1v) is 9.14. The van der Waals surface area contributed by atoms with Crippen LogP contribution in [0.3, 0.4) is 0 Å². The Balaban J connectivity index is 1.82. The van der Waals surface area contributed by atoms with Crippen molar-refractivity contribution in [1.29, 1.82) is 0 Å². The zero-order valence-corrected chi connectivity index (χ0v) is 14.6. The van der Waals surface area contributed by atoms with Gasteiger partial charge in [0.1, 0.15) is 0 Å². The van der Waals surface area contributed by atoms with Crippen LogP contribution in [0.5, 0.6) is 0 Å². The Hall–Kier alpha value is -3.26. The van der Waals surface area contributed by atoms with Crippen molar-refractivity contribution in [1.82, 2.24) is 4.83 Å². The lowest BCUT2D eigenvalue weighted by atomic mass is 10.1. The molecule has 0 aliphatic heterocycles. The van der Waals surface area contributed by atoms with E-state index in [9.17, 15) is 18.5 Å². The lowest BCUT2D eigenvalue weighted by Crippen LogP contribution is -2.18. The number of hydrazone groups is 1. The maximum absolute atomic E-state index is 12.3. The second kappa shape index (κ2) is 6.93. The molecule has 0 radical (unpaired) electrons. The number of nitrogens with one attached hydrogen (secondary N) is 1. The molecular formula is C18H15N3O4S. The van der Waals surface area contributed by atoms with Gasteiger partial charge in [-0.1, -0.05) is 42.5 Å². The molecule has 0 amide bonds. The van der Waals surface area contributed by atoms with Crippen molar-refractivity contribution in [3.05, 3.63) is 81.9 Å². The van der Waals surface area contributed by atoms with Gasteiger partial charge in [0, 0.05) is 11.6 Å². The standard InChI is InChI=1S/C18H15N3O4S/c1-13-6-9-17(11-18(13)21(22)23)26(24,25)20-19-12-14-7-8-15-4-2-3-5-16(15)10-14/h2-12,20H,1H3/b19-12+. The summed E-state index contributed by atoms with van der Waals surface area (Å²) in [6, 6.07) is 17.1. The number of nitro groups is 1. The molecule has 0 fully saturated rings. The summed E-state index contributed by atoms with van der Waals surface area (Å²) >= 11 is 0. The number of hydrogen-bond donors (Lipinski definition) is 1. The van der Waals surface area contributed by atoms with Crippen LogP contribution in [0.15, 0.2) is 70.7 Å². The highest BCUT2D eigenvalue weighted by Crippen LogP contribution is 2.22. The van der Waals surface area contributed by atoms with Gasteiger partial charge < -0.3 is 0 Å². The van der Waals surface area contributed by atoms with Crippen LogP contribution < -0.4 is 4.83 Å². The quantitative estimate of drug-likeness (QED) is 0.423. The summed E-state index contributed by atoms with van der Waals surface area (Å²) < 4.78 is 24.5. The Morgan fingerprint density at radius 2 is 1.77 bits per heavy atom. The maximum atomic E-state index is 12.3. The lowest BCUT2D eigenvalue weighted by Gasteiger charge is -2.05. The van der Waals surface area contributed by atoms with Crippen molar-refractivity contribution in [3.8, 4) is 0 Å². The minimum Gasteiger partial charge on any atom is -0.258 e. The highest BCUT2D eigenvalue weighted by Gasteiger charge is 2.19. The third-order valence-corrected chi connectivity index (χ3v) is 5.07. The van der Waals surface area contributed by atoms with Crippen molar-refractivity contribution < 1.29 is 13.3 Å². The van der Waals surface area contributed by atoms with Gasteiger partial charge in [0.2, 0.25) is 0 Å². The molecule has 1 N–H and O–H groups in total. The van der Waals surface area contributed by atoms with Crippen LogP contribution in [-0.2, 0) is 10.0 Å². The Bertz CT molecular complexity index is 1120. The van der Waals surface area contributed by atoms with Gasteiger partial charge in [-0.25, -0.2) is 4.83 Å². The summed E-state index contributed by atoms with van der Waals surface area (Å²) in [5, 5.41) is 16.8. The Kier molecular flexibility index (Phi) is 4.68. The van der Waals surface area contributed by atoms with Crippen LogP contribution in [0, 0.1) is 17.0 Å². The molecule has 0 aliphatic carbocycles. The predicted octanol–water partition coefficient (Wildman–Crippen LogP) is 3.37. The molecule has 3 rings (SSSR count). The zero-order chi connectivity index (χ0) is 18.7. The van der Waals surface area contributed by atoms with Gasteiger partial charge in [0.25, 0.3) is 15.7 Å². The van der Waals surface area contributed by atoms with Crippen LogP contribution in [-0.4, -0.2) is 19.6 Å². The van der Waals surface area contributed by atoms with E-state index in [4.69, 9.17) is 0 Å². The molecule has 0 atom stereocenters. The highest BCUT2D eigenvalue weighted by molar-refractivity contribution is 7.89. The van der Waals surface area contributed by atoms with Crippen molar-refractivity contribution in [2.45, 2.75) is 11.8 Å². The molecule has 0 aromatic heterocycles. The van der Waals surface area contributed by atoms with Crippen molar-refractivity contribution in [2.75, 3.05) is 0 Å². The molecule has 0 unspecified atom stereocenters. The number of benzene rings is 3. The van der Waals surface area contributed by atoms with Crippen LogP contribution in [0.4, 0.5) is 5.69 Å². The molecule has 26 heavy (non-hydrogen) atoms. The number of rotatable bonds is 5. The third kappa shape index (κ3) is 3.70. The minimum absolute atomic E-state index is 0.217. The van der Waals surface area contributed by atoms with E-state index in [1.165, 1.54) is 18.3 Å². The van der Waals surface area contributed by atoms with E-state index in [0.717, 1.165) is 22.4 Å². The summed E-state index contributed by atoms with van der Waals surface area (Å²) in [7, 11) is -4.00. The normalized spacial score (nSPS) is 11.7. The van der Waals surface area contributed by atoms with Crippen LogP contribution in [0.1, 0.15) is 11.1 Å². The lowest BCUT2D eigenvalue weighted by molar-refractivity contribution is -0.385. The van der Waals surface area contributed by atoms with Crippen molar-refractivity contribution in [2.24, 2.45) is 5.10 Å². The topological polar surface area (TPSA) is 102 Å². The van der Waals surface area contributed by atoms with Gasteiger partial charge in [-0.15, -0.1) is 0 Å². The molecule has 3 aromatic carbocycles. The van der Waals surface area contributed by atoms with E-state index in [1.54, 1.807) is 6.92 Å². The van der Waals surface area contributed by atoms with Gasteiger partial charge in [0.05, 0.1) is 16.0 Å². The molecule has 0 bridgehead atoms. The first-order chi connectivity index (χ1) is 12.4. The fourth-order valence-electron chi connectivity index (χ4n) is 2.46. The zero-order valence-electron chi connectivity index (χ0n) is 13.8. The Labute approximate surface area is 150 Å². The predicted molar refractivity (Wildman–Crippen MR) is 99.7 cm³/mol. The third-order valence-electron chi connectivity index (χ3n) is 3.85. The van der Waals surface area contributed by atoms with E-state index in [-0.39, 0.29) is 10.6 Å². The second-order valence-electron chi connectivity index (χ2n) is 5.66. The highest BCUT2D eigenvalue weighted by atomic mass is 32.2. The summed E-state index contributed by atoms with van der Waals surface area (Å²) in [5.74, 6) is 0. The molecule has 7 nitrogen and oxygen atoms in total. The summed E-state index contributed by atoms with van der Waals surface area (Å²) in [6.45, 7) is 1.54. The van der Waals surface area contributed by atoms with Crippen LogP contribution in [0.25, 0.3) is 10.8 Å². The van der Waals surface area contributed by atoms with Crippen molar-refractivity contribution >= 4 is 32.7 Å². The van der Waals surface area contributed by atoms with Crippen LogP contribution >= 0.6 is 0 Å². The molecule has 0 aliphatic rings. The molecule has 8 heteroatoms. The number of aryl methyl sites for hydroxylation is 1. The van der Waals surface area contributed by atoms with Gasteiger partial charge >= 0.3 is 0 Å². The minimum atomic E-state index is -4.00. The number of hydrogen-bond acceptors (Lipinski definition) is 5. The first kappa shape index (κ1) is 17.6. The van der Waals surface area contributed by atoms with Gasteiger partial charge in [-0.05, 0) is 35.4 Å². The average molecular weight is 369 g/mol. The molecule has 0 heterocycles. The monoisotopic (exact) mass is 369 g/mol. The molecular weight excluding hydrogens is 354 g/mol. The first-order valence-electron chi connectivity index (χ1n) is 7.65. The van der Waals surface area contributed by atoms with Gasteiger partial charge in [-0.2, -0.15) is 13.5 Å². The van der Waals surface area contributed by atoms with Gasteiger partial charge in [-0.3, -0.25) is 10.1 Å².